The van der Waals surface area contributed by atoms with Gasteiger partial charge in [-0.1, -0.05) is 0 Å². The maximum Gasteiger partial charge on any atom is 0.255 e. The van der Waals surface area contributed by atoms with Crippen LogP contribution in [0.2, 0.25) is 0 Å². The summed E-state index contributed by atoms with van der Waals surface area (Å²) in [6, 6.07) is 5.25. The Balaban J connectivity index is 3.08. The zero-order valence-corrected chi connectivity index (χ0v) is 11.4. The van der Waals surface area contributed by atoms with Gasteiger partial charge in [0.05, 0.1) is 21.8 Å². The molecule has 0 fully saturated rings. The van der Waals surface area contributed by atoms with Crippen molar-refractivity contribution in [2.24, 2.45) is 5.73 Å². The van der Waals surface area contributed by atoms with Crippen LogP contribution in [0.1, 0.15) is 12.5 Å². The Morgan fingerprint density at radius 3 is 2.76 bits per heavy atom. The Bertz CT molecular complexity index is 469. The van der Waals surface area contributed by atoms with E-state index in [4.69, 9.17) is 20.5 Å². The lowest BCUT2D eigenvalue weighted by molar-refractivity contribution is -0.119. The van der Waals surface area contributed by atoms with Gasteiger partial charge in [0, 0.05) is 6.07 Å². The molecule has 0 aliphatic carbocycles. The van der Waals surface area contributed by atoms with Crippen LogP contribution in [-0.2, 0) is 4.79 Å². The Morgan fingerprint density at radius 1 is 1.53 bits per heavy atom. The molecular formula is C11H11IN2O3. The topological polar surface area (TPSA) is 85.3 Å². The predicted octanol–water partition coefficient (Wildman–Crippen LogP) is 1.43. The van der Waals surface area contributed by atoms with Crippen molar-refractivity contribution in [3.63, 3.8) is 0 Å². The number of halogens is 1. The number of carbonyl (C=O) groups is 1. The van der Waals surface area contributed by atoms with E-state index in [1.807, 2.05) is 35.6 Å². The summed E-state index contributed by atoms with van der Waals surface area (Å²) in [5.41, 5.74) is 5.49. The molecule has 1 amide bonds. The first-order valence-electron chi connectivity index (χ1n) is 4.86. The largest absolute Gasteiger partial charge is 0.490 e. The van der Waals surface area contributed by atoms with Gasteiger partial charge in [0.2, 0.25) is 0 Å². The molecule has 90 valence electrons. The molecule has 1 rings (SSSR count). The molecule has 17 heavy (non-hydrogen) atoms. The second-order valence-corrected chi connectivity index (χ2v) is 4.25. The fourth-order valence-corrected chi connectivity index (χ4v) is 1.94. The van der Waals surface area contributed by atoms with Crippen LogP contribution in [0.25, 0.3) is 0 Å². The molecule has 0 aliphatic rings. The summed E-state index contributed by atoms with van der Waals surface area (Å²) in [6.45, 7) is 2.05. The monoisotopic (exact) mass is 346 g/mol. The normalized spacial score (nSPS) is 9.47. The van der Waals surface area contributed by atoms with E-state index in [9.17, 15) is 4.79 Å². The summed E-state index contributed by atoms with van der Waals surface area (Å²) in [5, 5.41) is 8.84. The maximum absolute atomic E-state index is 10.7. The molecule has 0 unspecified atom stereocenters. The Morgan fingerprint density at radius 2 is 2.24 bits per heavy atom. The molecule has 0 aromatic heterocycles. The zero-order chi connectivity index (χ0) is 12.8. The molecule has 0 aliphatic heterocycles. The van der Waals surface area contributed by atoms with E-state index in [1.54, 1.807) is 12.1 Å². The van der Waals surface area contributed by atoms with Gasteiger partial charge in [0.25, 0.3) is 5.91 Å². The number of hydrogen-bond donors (Lipinski definition) is 1. The summed E-state index contributed by atoms with van der Waals surface area (Å²) in [6.07, 6.45) is 0. The third-order valence-corrected chi connectivity index (χ3v) is 2.60. The van der Waals surface area contributed by atoms with Crippen LogP contribution < -0.4 is 15.2 Å². The van der Waals surface area contributed by atoms with Crippen LogP contribution in [0.15, 0.2) is 12.1 Å². The van der Waals surface area contributed by atoms with Crippen molar-refractivity contribution < 1.29 is 14.3 Å². The summed E-state index contributed by atoms with van der Waals surface area (Å²) < 4.78 is 11.3. The van der Waals surface area contributed by atoms with E-state index >= 15 is 0 Å². The molecule has 0 bridgehead atoms. The number of hydrogen-bond acceptors (Lipinski definition) is 4. The van der Waals surface area contributed by atoms with Crippen LogP contribution in [0.3, 0.4) is 0 Å². The number of benzene rings is 1. The minimum Gasteiger partial charge on any atom is -0.490 e. The van der Waals surface area contributed by atoms with Crippen molar-refractivity contribution in [3.8, 4) is 17.6 Å². The summed E-state index contributed by atoms with van der Waals surface area (Å²) in [5.74, 6) is 0.315. The summed E-state index contributed by atoms with van der Waals surface area (Å²) in [7, 11) is 0. The molecule has 2 N–H and O–H groups in total. The fourth-order valence-electron chi connectivity index (χ4n) is 1.18. The molecule has 1 aromatic carbocycles. The Kier molecular flexibility index (Phi) is 5.03. The average Bonchev–Trinajstić information content (AvgIpc) is 2.27. The van der Waals surface area contributed by atoms with Crippen molar-refractivity contribution in [1.29, 1.82) is 5.26 Å². The van der Waals surface area contributed by atoms with E-state index in [1.165, 1.54) is 0 Å². The van der Waals surface area contributed by atoms with E-state index in [0.29, 0.717) is 27.2 Å². The molecule has 1 aromatic rings. The van der Waals surface area contributed by atoms with Crippen molar-refractivity contribution in [3.05, 3.63) is 21.3 Å². The number of nitrogens with zero attached hydrogens (tertiary/aromatic N) is 1. The minimum atomic E-state index is -0.562. The molecule has 0 spiro atoms. The lowest BCUT2D eigenvalue weighted by atomic mass is 10.2. The van der Waals surface area contributed by atoms with Crippen molar-refractivity contribution in [2.75, 3.05) is 13.2 Å². The zero-order valence-electron chi connectivity index (χ0n) is 9.20. The Hall–Kier alpha value is -1.49. The van der Waals surface area contributed by atoms with E-state index in [0.717, 1.165) is 0 Å². The quantitative estimate of drug-likeness (QED) is 0.818. The van der Waals surface area contributed by atoms with E-state index in [2.05, 4.69) is 0 Å². The fraction of sp³-hybridized carbons (Fsp3) is 0.273. The SMILES string of the molecule is CCOc1cc(C#N)cc(I)c1OCC(N)=O. The first-order chi connectivity index (χ1) is 8.08. The number of nitrogens with two attached hydrogens (primary N) is 1. The third-order valence-electron chi connectivity index (χ3n) is 1.80. The summed E-state index contributed by atoms with van der Waals surface area (Å²) in [4.78, 5) is 10.7. The lowest BCUT2D eigenvalue weighted by Crippen LogP contribution is -2.20. The van der Waals surface area contributed by atoms with Crippen molar-refractivity contribution in [2.45, 2.75) is 6.92 Å². The van der Waals surface area contributed by atoms with Crippen LogP contribution in [-0.4, -0.2) is 19.1 Å². The maximum atomic E-state index is 10.7. The van der Waals surface area contributed by atoms with Gasteiger partial charge in [-0.25, -0.2) is 0 Å². The smallest absolute Gasteiger partial charge is 0.255 e. The van der Waals surface area contributed by atoms with Gasteiger partial charge in [-0.05, 0) is 35.6 Å². The molecule has 6 heteroatoms. The summed E-state index contributed by atoms with van der Waals surface area (Å²) >= 11 is 2.01. The molecule has 0 saturated carbocycles. The molecule has 0 heterocycles. The first-order valence-corrected chi connectivity index (χ1v) is 5.94. The highest BCUT2D eigenvalue weighted by Gasteiger charge is 2.12. The van der Waals surface area contributed by atoms with Crippen LogP contribution in [0.5, 0.6) is 11.5 Å². The number of carbonyl (C=O) groups excluding carboxylic acids is 1. The van der Waals surface area contributed by atoms with Gasteiger partial charge in [0.15, 0.2) is 18.1 Å². The van der Waals surface area contributed by atoms with Crippen LogP contribution in [0, 0.1) is 14.9 Å². The molecule has 0 saturated heterocycles. The highest BCUT2D eigenvalue weighted by Crippen LogP contribution is 2.33. The minimum absolute atomic E-state index is 0.220. The van der Waals surface area contributed by atoms with Crippen molar-refractivity contribution >= 4 is 28.5 Å². The predicted molar refractivity (Wildman–Crippen MR) is 69.7 cm³/mol. The highest BCUT2D eigenvalue weighted by molar-refractivity contribution is 14.1. The Labute approximate surface area is 113 Å². The molecule has 0 atom stereocenters. The second kappa shape index (κ2) is 6.30. The average molecular weight is 346 g/mol. The van der Waals surface area contributed by atoms with Gasteiger partial charge in [-0.15, -0.1) is 0 Å². The van der Waals surface area contributed by atoms with Crippen molar-refractivity contribution in [1.82, 2.24) is 0 Å². The van der Waals surface area contributed by atoms with E-state index in [-0.39, 0.29) is 6.61 Å². The van der Waals surface area contributed by atoms with Gasteiger partial charge in [-0.3, -0.25) is 4.79 Å². The molecule has 5 nitrogen and oxygen atoms in total. The van der Waals surface area contributed by atoms with Gasteiger partial charge < -0.3 is 15.2 Å². The standard InChI is InChI=1S/C11H11IN2O3/c1-2-16-9-4-7(5-13)3-8(12)11(9)17-6-10(14)15/h3-4H,2,6H2,1H3,(H2,14,15). The molecular weight excluding hydrogens is 335 g/mol. The number of amides is 1. The van der Waals surface area contributed by atoms with Crippen LogP contribution >= 0.6 is 22.6 Å². The first kappa shape index (κ1) is 13.6. The third kappa shape index (κ3) is 3.78. The van der Waals surface area contributed by atoms with Gasteiger partial charge in [0.1, 0.15) is 0 Å². The van der Waals surface area contributed by atoms with Gasteiger partial charge in [-0.2, -0.15) is 5.26 Å². The number of nitriles is 1. The van der Waals surface area contributed by atoms with E-state index < -0.39 is 5.91 Å². The number of primary amides is 1. The molecule has 0 radical (unpaired) electrons. The highest BCUT2D eigenvalue weighted by atomic mass is 127. The van der Waals surface area contributed by atoms with Crippen LogP contribution in [0.4, 0.5) is 0 Å². The lowest BCUT2D eigenvalue weighted by Gasteiger charge is -2.12. The number of rotatable bonds is 5. The van der Waals surface area contributed by atoms with Gasteiger partial charge >= 0.3 is 0 Å². The number of ether oxygens (including phenoxy) is 2. The second-order valence-electron chi connectivity index (χ2n) is 3.09.